The number of hydrogen-bond donors (Lipinski definition) is 1. The van der Waals surface area contributed by atoms with Crippen molar-refractivity contribution >= 4 is 28.1 Å². The van der Waals surface area contributed by atoms with Gasteiger partial charge in [-0.15, -0.1) is 0 Å². The first-order valence-electron chi connectivity index (χ1n) is 7.00. The van der Waals surface area contributed by atoms with Gasteiger partial charge in [-0.1, -0.05) is 18.2 Å². The Balaban J connectivity index is 1.95. The Morgan fingerprint density at radius 2 is 2.12 bits per heavy atom. The number of hydrogen-bond acceptors (Lipinski definition) is 6. The van der Waals surface area contributed by atoms with E-state index in [0.717, 1.165) is 11.0 Å². The van der Waals surface area contributed by atoms with Gasteiger partial charge in [0.05, 0.1) is 21.6 Å². The van der Waals surface area contributed by atoms with Crippen LogP contribution < -0.4 is 5.43 Å². The third-order valence-corrected chi connectivity index (χ3v) is 3.46. The Morgan fingerprint density at radius 3 is 2.83 bits per heavy atom. The molecule has 0 unspecified atom stereocenters. The topological polar surface area (TPSA) is 109 Å². The molecule has 0 saturated heterocycles. The van der Waals surface area contributed by atoms with Crippen molar-refractivity contribution in [3.05, 3.63) is 64.5 Å². The molecule has 1 aromatic heterocycles. The standard InChI is InChI=1S/C16H12N6O2/c1-21-15-8-3-2-7-13(15)18-16(21)14(10-17)20-19-11-5-4-6-12(9-11)22(23)24/h2-9,19H,1H3/b20-14+. The molecule has 0 bridgehead atoms. The fourth-order valence-corrected chi connectivity index (χ4v) is 2.29. The lowest BCUT2D eigenvalue weighted by Gasteiger charge is -2.02. The largest absolute Gasteiger partial charge is 0.325 e. The normalized spacial score (nSPS) is 11.2. The molecule has 2 aromatic carbocycles. The Labute approximate surface area is 136 Å². The van der Waals surface area contributed by atoms with Crippen molar-refractivity contribution in [1.82, 2.24) is 9.55 Å². The van der Waals surface area contributed by atoms with Crippen molar-refractivity contribution in [2.75, 3.05) is 5.43 Å². The van der Waals surface area contributed by atoms with Crippen molar-refractivity contribution in [3.63, 3.8) is 0 Å². The minimum Gasteiger partial charge on any atom is -0.325 e. The average Bonchev–Trinajstić information content (AvgIpc) is 2.93. The number of para-hydroxylation sites is 2. The average molecular weight is 320 g/mol. The lowest BCUT2D eigenvalue weighted by Crippen LogP contribution is -2.09. The second-order valence-corrected chi connectivity index (χ2v) is 4.97. The van der Waals surface area contributed by atoms with Crippen molar-refractivity contribution in [2.45, 2.75) is 0 Å². The molecule has 3 rings (SSSR count). The van der Waals surface area contributed by atoms with Gasteiger partial charge in [0.25, 0.3) is 5.69 Å². The van der Waals surface area contributed by atoms with Crippen LogP contribution in [-0.4, -0.2) is 20.2 Å². The summed E-state index contributed by atoms with van der Waals surface area (Å²) < 4.78 is 1.77. The molecule has 0 aliphatic carbocycles. The maximum atomic E-state index is 10.8. The Kier molecular flexibility index (Phi) is 3.91. The van der Waals surface area contributed by atoms with E-state index in [1.54, 1.807) is 17.7 Å². The molecule has 0 fully saturated rings. The molecule has 0 aliphatic rings. The third-order valence-electron chi connectivity index (χ3n) is 3.46. The summed E-state index contributed by atoms with van der Waals surface area (Å²) >= 11 is 0. The van der Waals surface area contributed by atoms with Crippen LogP contribution in [0.5, 0.6) is 0 Å². The van der Waals surface area contributed by atoms with Crippen LogP contribution in [-0.2, 0) is 7.05 Å². The zero-order valence-corrected chi connectivity index (χ0v) is 12.7. The number of aromatic nitrogens is 2. The van der Waals surface area contributed by atoms with E-state index in [1.165, 1.54) is 18.2 Å². The van der Waals surface area contributed by atoms with Crippen LogP contribution in [0.15, 0.2) is 53.6 Å². The minimum atomic E-state index is -0.494. The van der Waals surface area contributed by atoms with E-state index in [0.29, 0.717) is 11.5 Å². The summed E-state index contributed by atoms with van der Waals surface area (Å²) in [7, 11) is 1.80. The van der Waals surface area contributed by atoms with Gasteiger partial charge in [-0.05, 0) is 18.2 Å². The van der Waals surface area contributed by atoms with Crippen molar-refractivity contribution < 1.29 is 4.92 Å². The highest BCUT2D eigenvalue weighted by Gasteiger charge is 2.13. The zero-order valence-electron chi connectivity index (χ0n) is 12.7. The van der Waals surface area contributed by atoms with E-state index in [2.05, 4.69) is 15.5 Å². The number of nitro benzene ring substituents is 1. The maximum absolute atomic E-state index is 10.8. The number of fused-ring (bicyclic) bond motifs is 1. The minimum absolute atomic E-state index is 0.0589. The van der Waals surface area contributed by atoms with Crippen molar-refractivity contribution in [1.29, 1.82) is 5.26 Å². The quantitative estimate of drug-likeness (QED) is 0.451. The van der Waals surface area contributed by atoms with Gasteiger partial charge in [0.15, 0.2) is 5.82 Å². The molecule has 0 saturated carbocycles. The number of nitrogens with zero attached hydrogens (tertiary/aromatic N) is 5. The highest BCUT2D eigenvalue weighted by molar-refractivity contribution is 6.11. The molecule has 1 N–H and O–H groups in total. The fourth-order valence-electron chi connectivity index (χ4n) is 2.29. The number of anilines is 1. The van der Waals surface area contributed by atoms with Gasteiger partial charge in [-0.25, -0.2) is 4.98 Å². The molecule has 0 amide bonds. The SMILES string of the molecule is Cn1c(/C(C#N)=N/Nc2cccc([N+](=O)[O-])c2)nc2ccccc21. The summed E-state index contributed by atoms with van der Waals surface area (Å²) in [6.45, 7) is 0. The van der Waals surface area contributed by atoms with Gasteiger partial charge in [-0.3, -0.25) is 15.5 Å². The van der Waals surface area contributed by atoms with E-state index in [-0.39, 0.29) is 11.4 Å². The summed E-state index contributed by atoms with van der Waals surface area (Å²) in [6, 6.07) is 15.4. The molecule has 0 spiro atoms. The number of hydrazone groups is 1. The Morgan fingerprint density at radius 1 is 1.33 bits per heavy atom. The third kappa shape index (κ3) is 2.78. The van der Waals surface area contributed by atoms with E-state index < -0.39 is 4.92 Å². The second-order valence-electron chi connectivity index (χ2n) is 4.97. The first kappa shape index (κ1) is 15.2. The van der Waals surface area contributed by atoms with Gasteiger partial charge in [0.1, 0.15) is 6.07 Å². The van der Waals surface area contributed by atoms with Crippen LogP contribution in [0.1, 0.15) is 5.82 Å². The summed E-state index contributed by atoms with van der Waals surface area (Å²) in [5, 5.41) is 24.2. The fraction of sp³-hybridized carbons (Fsp3) is 0.0625. The number of aryl methyl sites for hydroxylation is 1. The van der Waals surface area contributed by atoms with Gasteiger partial charge in [-0.2, -0.15) is 10.4 Å². The molecule has 0 radical (unpaired) electrons. The summed E-state index contributed by atoms with van der Waals surface area (Å²) in [6.07, 6.45) is 0. The lowest BCUT2D eigenvalue weighted by atomic mass is 10.3. The highest BCUT2D eigenvalue weighted by atomic mass is 16.6. The summed E-state index contributed by atoms with van der Waals surface area (Å²) in [5.41, 5.74) is 4.74. The smallest absolute Gasteiger partial charge is 0.271 e. The van der Waals surface area contributed by atoms with Crippen LogP contribution in [0.3, 0.4) is 0 Å². The molecule has 8 heteroatoms. The van der Waals surface area contributed by atoms with Gasteiger partial charge >= 0.3 is 0 Å². The van der Waals surface area contributed by atoms with E-state index in [4.69, 9.17) is 0 Å². The molecule has 118 valence electrons. The maximum Gasteiger partial charge on any atom is 0.271 e. The Bertz CT molecular complexity index is 999. The second kappa shape index (κ2) is 6.18. The van der Waals surface area contributed by atoms with Gasteiger partial charge in [0.2, 0.25) is 5.71 Å². The van der Waals surface area contributed by atoms with Gasteiger partial charge < -0.3 is 4.57 Å². The first-order valence-corrected chi connectivity index (χ1v) is 7.00. The molecule has 1 heterocycles. The molecule has 3 aromatic rings. The molecular weight excluding hydrogens is 308 g/mol. The number of imidazole rings is 1. The van der Waals surface area contributed by atoms with Crippen LogP contribution in [0.25, 0.3) is 11.0 Å². The zero-order chi connectivity index (χ0) is 17.1. The van der Waals surface area contributed by atoms with Gasteiger partial charge in [0, 0.05) is 19.2 Å². The molecule has 24 heavy (non-hydrogen) atoms. The molecule has 0 aliphatic heterocycles. The predicted molar refractivity (Wildman–Crippen MR) is 89.6 cm³/mol. The van der Waals surface area contributed by atoms with Crippen LogP contribution >= 0.6 is 0 Å². The van der Waals surface area contributed by atoms with Crippen LogP contribution in [0.2, 0.25) is 0 Å². The molecular formula is C16H12N6O2. The lowest BCUT2D eigenvalue weighted by molar-refractivity contribution is -0.384. The highest BCUT2D eigenvalue weighted by Crippen LogP contribution is 2.18. The van der Waals surface area contributed by atoms with Crippen LogP contribution in [0, 0.1) is 21.4 Å². The van der Waals surface area contributed by atoms with Crippen molar-refractivity contribution in [3.8, 4) is 6.07 Å². The van der Waals surface area contributed by atoms with E-state index in [9.17, 15) is 15.4 Å². The molecule has 8 nitrogen and oxygen atoms in total. The first-order chi connectivity index (χ1) is 11.6. The number of rotatable bonds is 4. The number of non-ortho nitro benzene ring substituents is 1. The number of nitrogens with one attached hydrogen (secondary N) is 1. The van der Waals surface area contributed by atoms with E-state index in [1.807, 2.05) is 30.3 Å². The summed E-state index contributed by atoms with van der Waals surface area (Å²) in [5.74, 6) is 0.414. The van der Waals surface area contributed by atoms with Crippen LogP contribution in [0.4, 0.5) is 11.4 Å². The number of nitro groups is 1. The van der Waals surface area contributed by atoms with Crippen molar-refractivity contribution in [2.24, 2.45) is 12.1 Å². The number of nitriles is 1. The monoisotopic (exact) mass is 320 g/mol. The Hall–Kier alpha value is -3.73. The predicted octanol–water partition coefficient (Wildman–Crippen LogP) is 2.82. The summed E-state index contributed by atoms with van der Waals surface area (Å²) in [4.78, 5) is 14.7. The number of benzene rings is 2. The van der Waals surface area contributed by atoms with E-state index >= 15 is 0 Å². The molecule has 0 atom stereocenters.